The lowest BCUT2D eigenvalue weighted by Crippen LogP contribution is -2.56. The highest BCUT2D eigenvalue weighted by Gasteiger charge is 2.40. The smallest absolute Gasteiger partial charge is 0.258 e. The van der Waals surface area contributed by atoms with Crippen LogP contribution < -0.4 is 15.4 Å². The minimum absolute atomic E-state index is 0.139. The summed E-state index contributed by atoms with van der Waals surface area (Å²) in [7, 11) is 3.36. The SMILES string of the molecule is Cc1ccccc1CNC(=O)[C@@H]1CSCN1C(=O)[C@@H](O)[C@H](Cc1ccccc1)NC(=O)COc1c(C)cc(C(=O)N(C)C)cc1C. The van der Waals surface area contributed by atoms with Gasteiger partial charge in [0.1, 0.15) is 11.8 Å². The third-order valence-electron chi connectivity index (χ3n) is 7.92. The predicted molar refractivity (Wildman–Crippen MR) is 178 cm³/mol. The molecule has 0 unspecified atom stereocenters. The van der Waals surface area contributed by atoms with Gasteiger partial charge in [0.25, 0.3) is 17.7 Å². The maximum atomic E-state index is 13.7. The lowest BCUT2D eigenvalue weighted by atomic mass is 9.99. The zero-order chi connectivity index (χ0) is 33.4. The molecular weight excluding hydrogens is 604 g/mol. The monoisotopic (exact) mass is 646 g/mol. The van der Waals surface area contributed by atoms with E-state index in [1.165, 1.54) is 21.6 Å². The Balaban J connectivity index is 1.44. The van der Waals surface area contributed by atoms with Crippen LogP contribution >= 0.6 is 11.8 Å². The molecule has 0 radical (unpaired) electrons. The van der Waals surface area contributed by atoms with Crippen molar-refractivity contribution < 1.29 is 29.0 Å². The molecule has 0 bridgehead atoms. The van der Waals surface area contributed by atoms with Gasteiger partial charge in [-0.3, -0.25) is 19.2 Å². The Labute approximate surface area is 274 Å². The van der Waals surface area contributed by atoms with Crippen molar-refractivity contribution in [3.8, 4) is 5.75 Å². The van der Waals surface area contributed by atoms with E-state index < -0.39 is 30.0 Å². The number of hydrogen-bond acceptors (Lipinski definition) is 7. The second-order valence-electron chi connectivity index (χ2n) is 11.7. The average molecular weight is 647 g/mol. The first-order chi connectivity index (χ1) is 22.0. The fraction of sp³-hybridized carbons (Fsp3) is 0.371. The lowest BCUT2D eigenvalue weighted by Gasteiger charge is -2.30. The Bertz CT molecular complexity index is 1540. The molecule has 3 aromatic carbocycles. The first-order valence-corrected chi connectivity index (χ1v) is 16.3. The van der Waals surface area contributed by atoms with E-state index in [1.807, 2.05) is 61.5 Å². The molecule has 46 heavy (non-hydrogen) atoms. The van der Waals surface area contributed by atoms with Crippen LogP contribution in [-0.4, -0.2) is 89.1 Å². The van der Waals surface area contributed by atoms with Crippen LogP contribution in [0.5, 0.6) is 5.75 Å². The van der Waals surface area contributed by atoms with Gasteiger partial charge >= 0.3 is 0 Å². The highest BCUT2D eigenvalue weighted by atomic mass is 32.2. The van der Waals surface area contributed by atoms with Crippen LogP contribution in [0.4, 0.5) is 0 Å². The number of nitrogens with one attached hydrogen (secondary N) is 2. The summed E-state index contributed by atoms with van der Waals surface area (Å²) in [6.07, 6.45) is -1.42. The Kier molecular flexibility index (Phi) is 11.8. The largest absolute Gasteiger partial charge is 0.483 e. The van der Waals surface area contributed by atoms with Crippen LogP contribution in [-0.2, 0) is 27.3 Å². The first kappa shape index (κ1) is 34.5. The number of thioether (sulfide) groups is 1. The lowest BCUT2D eigenvalue weighted by molar-refractivity contribution is -0.146. The molecule has 11 heteroatoms. The van der Waals surface area contributed by atoms with Gasteiger partial charge < -0.3 is 30.3 Å². The first-order valence-electron chi connectivity index (χ1n) is 15.1. The molecule has 3 atom stereocenters. The molecule has 4 rings (SSSR count). The van der Waals surface area contributed by atoms with Crippen molar-refractivity contribution in [3.05, 3.63) is 100 Å². The summed E-state index contributed by atoms with van der Waals surface area (Å²) in [4.78, 5) is 55.3. The van der Waals surface area contributed by atoms with Gasteiger partial charge in [0.2, 0.25) is 5.91 Å². The maximum Gasteiger partial charge on any atom is 0.258 e. The molecule has 0 spiro atoms. The van der Waals surface area contributed by atoms with Crippen molar-refractivity contribution in [2.75, 3.05) is 32.3 Å². The van der Waals surface area contributed by atoms with Crippen LogP contribution in [0.1, 0.15) is 38.2 Å². The summed E-state index contributed by atoms with van der Waals surface area (Å²) in [6, 6.07) is 18.7. The van der Waals surface area contributed by atoms with E-state index in [9.17, 15) is 24.3 Å². The Morgan fingerprint density at radius 3 is 2.28 bits per heavy atom. The molecule has 1 aliphatic rings. The van der Waals surface area contributed by atoms with Gasteiger partial charge in [0.05, 0.1) is 11.9 Å². The summed E-state index contributed by atoms with van der Waals surface area (Å²) in [5.74, 6) is -0.456. The zero-order valence-corrected chi connectivity index (χ0v) is 27.7. The van der Waals surface area contributed by atoms with E-state index in [4.69, 9.17) is 4.74 Å². The number of carbonyl (C=O) groups is 4. The van der Waals surface area contributed by atoms with E-state index in [0.29, 0.717) is 34.7 Å². The molecular formula is C35H42N4O6S. The van der Waals surface area contributed by atoms with Crippen molar-refractivity contribution in [3.63, 3.8) is 0 Å². The summed E-state index contributed by atoms with van der Waals surface area (Å²) in [6.45, 7) is 5.54. The number of benzene rings is 3. The Hall–Kier alpha value is -4.35. The molecule has 1 aliphatic heterocycles. The molecule has 1 fully saturated rings. The molecule has 3 aromatic rings. The van der Waals surface area contributed by atoms with E-state index in [-0.39, 0.29) is 30.7 Å². The van der Waals surface area contributed by atoms with Crippen LogP contribution in [0.15, 0.2) is 66.7 Å². The summed E-state index contributed by atoms with van der Waals surface area (Å²) >= 11 is 1.43. The summed E-state index contributed by atoms with van der Waals surface area (Å²) in [5.41, 5.74) is 4.77. The fourth-order valence-electron chi connectivity index (χ4n) is 5.38. The minimum Gasteiger partial charge on any atom is -0.483 e. The van der Waals surface area contributed by atoms with Crippen molar-refractivity contribution in [1.29, 1.82) is 0 Å². The van der Waals surface area contributed by atoms with E-state index in [1.54, 1.807) is 40.1 Å². The number of amides is 4. The third-order valence-corrected chi connectivity index (χ3v) is 8.93. The molecule has 0 saturated carbocycles. The van der Waals surface area contributed by atoms with Crippen LogP contribution in [0.2, 0.25) is 0 Å². The van der Waals surface area contributed by atoms with Crippen molar-refractivity contribution in [2.24, 2.45) is 0 Å². The number of hydrogen-bond donors (Lipinski definition) is 3. The van der Waals surface area contributed by atoms with Gasteiger partial charge in [-0.25, -0.2) is 0 Å². The average Bonchev–Trinajstić information content (AvgIpc) is 3.53. The highest BCUT2D eigenvalue weighted by molar-refractivity contribution is 7.99. The van der Waals surface area contributed by atoms with Crippen molar-refractivity contribution >= 4 is 35.4 Å². The molecule has 4 amide bonds. The maximum absolute atomic E-state index is 13.7. The predicted octanol–water partition coefficient (Wildman–Crippen LogP) is 3.00. The molecule has 1 heterocycles. The molecule has 10 nitrogen and oxygen atoms in total. The standard InChI is InChI=1S/C35H42N4O6S/c1-22-11-9-10-14-26(22)18-36-33(42)29-20-46-21-39(29)35(44)31(41)28(17-25-12-7-6-8-13-25)37-30(40)19-45-32-23(2)15-27(16-24(32)3)34(43)38(4)5/h6-16,28-29,31,41H,17-21H2,1-5H3,(H,36,42)(H,37,40)/t28-,29-,31-/m0/s1. The number of aryl methyl sites for hydroxylation is 3. The number of carbonyl (C=O) groups excluding carboxylic acids is 4. The molecule has 0 aliphatic carbocycles. The van der Waals surface area contributed by atoms with Gasteiger partial charge in [-0.15, -0.1) is 11.8 Å². The van der Waals surface area contributed by atoms with Crippen LogP contribution in [0.25, 0.3) is 0 Å². The number of ether oxygens (including phenoxy) is 1. The zero-order valence-electron chi connectivity index (χ0n) is 26.9. The molecule has 244 valence electrons. The second-order valence-corrected chi connectivity index (χ2v) is 12.7. The number of nitrogens with zero attached hydrogens (tertiary/aromatic N) is 2. The topological polar surface area (TPSA) is 128 Å². The minimum atomic E-state index is -1.60. The fourth-order valence-corrected chi connectivity index (χ4v) is 6.55. The Morgan fingerprint density at radius 2 is 1.63 bits per heavy atom. The molecule has 0 aromatic heterocycles. The third kappa shape index (κ3) is 8.67. The number of aliphatic hydroxyl groups excluding tert-OH is 1. The normalized spacial score (nSPS) is 15.5. The van der Waals surface area contributed by atoms with Gasteiger partial charge in [0, 0.05) is 32.0 Å². The summed E-state index contributed by atoms with van der Waals surface area (Å²) in [5, 5.41) is 17.1. The Morgan fingerprint density at radius 1 is 0.978 bits per heavy atom. The van der Waals surface area contributed by atoms with E-state index in [0.717, 1.165) is 16.7 Å². The van der Waals surface area contributed by atoms with Crippen LogP contribution in [0, 0.1) is 20.8 Å². The van der Waals surface area contributed by atoms with Crippen LogP contribution in [0.3, 0.4) is 0 Å². The number of aliphatic hydroxyl groups is 1. The van der Waals surface area contributed by atoms with Gasteiger partial charge in [-0.1, -0.05) is 54.6 Å². The van der Waals surface area contributed by atoms with E-state index >= 15 is 0 Å². The second kappa shape index (κ2) is 15.8. The summed E-state index contributed by atoms with van der Waals surface area (Å²) < 4.78 is 5.87. The highest BCUT2D eigenvalue weighted by Crippen LogP contribution is 2.26. The number of rotatable bonds is 12. The van der Waals surface area contributed by atoms with E-state index in [2.05, 4.69) is 10.6 Å². The molecule has 1 saturated heterocycles. The van der Waals surface area contributed by atoms with Gasteiger partial charge in [0.15, 0.2) is 12.7 Å². The van der Waals surface area contributed by atoms with Gasteiger partial charge in [-0.2, -0.15) is 0 Å². The van der Waals surface area contributed by atoms with Crippen molar-refractivity contribution in [2.45, 2.75) is 51.9 Å². The van der Waals surface area contributed by atoms with Crippen molar-refractivity contribution in [1.82, 2.24) is 20.4 Å². The molecule has 3 N–H and O–H groups in total. The quantitative estimate of drug-likeness (QED) is 0.276. The van der Waals surface area contributed by atoms with Gasteiger partial charge in [-0.05, 0) is 67.1 Å².